The number of hydrogen-bond donors (Lipinski definition) is 0. The zero-order valence-electron chi connectivity index (χ0n) is 44.8. The van der Waals surface area contributed by atoms with Crippen LogP contribution in [0.15, 0.2) is 253 Å². The summed E-state index contributed by atoms with van der Waals surface area (Å²) in [5.74, 6) is 0.289. The molecule has 0 radical (unpaired) electrons. The van der Waals surface area contributed by atoms with E-state index in [0.29, 0.717) is 13.2 Å². The van der Waals surface area contributed by atoms with Crippen molar-refractivity contribution in [3.8, 4) is 0 Å². The van der Waals surface area contributed by atoms with E-state index in [0.717, 1.165) is 44.5 Å². The van der Waals surface area contributed by atoms with Crippen molar-refractivity contribution in [1.82, 2.24) is 0 Å². The molecule has 0 saturated carbocycles. The van der Waals surface area contributed by atoms with Crippen LogP contribution >= 0.6 is 0 Å². The summed E-state index contributed by atoms with van der Waals surface area (Å²) in [7, 11) is 0. The summed E-state index contributed by atoms with van der Waals surface area (Å²) in [6.07, 6.45) is -6.36. The van der Waals surface area contributed by atoms with Crippen molar-refractivity contribution >= 4 is 11.8 Å². The van der Waals surface area contributed by atoms with Crippen molar-refractivity contribution in [3.63, 3.8) is 0 Å². The van der Waals surface area contributed by atoms with Crippen molar-refractivity contribution in [2.45, 2.75) is 102 Å². The largest absolute Gasteiger partial charge is 0.469 e. The summed E-state index contributed by atoms with van der Waals surface area (Å²) < 4.78 is 69.0. The summed E-state index contributed by atoms with van der Waals surface area (Å²) in [4.78, 5) is 0. The van der Waals surface area contributed by atoms with Gasteiger partial charge in [0.1, 0.15) is 24.4 Å². The minimum Gasteiger partial charge on any atom is -0.469 e. The van der Waals surface area contributed by atoms with Crippen LogP contribution in [0, 0.1) is 0 Å². The molecule has 2 aliphatic heterocycles. The molecular formula is C68H68N2O10. The molecule has 8 aromatic carbocycles. The van der Waals surface area contributed by atoms with Crippen LogP contribution in [0.3, 0.4) is 0 Å². The van der Waals surface area contributed by atoms with Crippen LogP contribution in [0.2, 0.25) is 0 Å². The molecule has 2 saturated heterocycles. The van der Waals surface area contributed by atoms with Gasteiger partial charge in [-0.2, -0.15) is 0 Å². The summed E-state index contributed by atoms with van der Waals surface area (Å²) >= 11 is 0. The van der Waals surface area contributed by atoms with Crippen LogP contribution in [0.25, 0.3) is 0 Å². The lowest BCUT2D eigenvalue weighted by Crippen LogP contribution is -2.60. The molecule has 8 aromatic rings. The van der Waals surface area contributed by atoms with Gasteiger partial charge < -0.3 is 47.4 Å². The van der Waals surface area contributed by atoms with E-state index in [-0.39, 0.29) is 64.7 Å². The molecule has 12 heteroatoms. The third-order valence-electron chi connectivity index (χ3n) is 13.7. The topological polar surface area (TPSA) is 117 Å². The third-order valence-corrected chi connectivity index (χ3v) is 13.7. The van der Waals surface area contributed by atoms with Crippen LogP contribution in [0.5, 0.6) is 0 Å². The Kier molecular flexibility index (Phi) is 21.0. The van der Waals surface area contributed by atoms with Gasteiger partial charge in [-0.25, -0.2) is 0 Å². The lowest BCUT2D eigenvalue weighted by Gasteiger charge is -2.43. The van der Waals surface area contributed by atoms with Crippen molar-refractivity contribution in [2.24, 2.45) is 10.2 Å². The molecule has 12 nitrogen and oxygen atoms in total. The Labute approximate surface area is 469 Å². The van der Waals surface area contributed by atoms with Crippen molar-refractivity contribution in [2.75, 3.05) is 13.2 Å². The van der Waals surface area contributed by atoms with Crippen LogP contribution in [0.1, 0.15) is 44.5 Å². The van der Waals surface area contributed by atoms with Gasteiger partial charge in [0.2, 0.25) is 11.8 Å². The van der Waals surface area contributed by atoms with Gasteiger partial charge in [-0.1, -0.05) is 243 Å². The molecule has 0 bridgehead atoms. The maximum atomic E-state index is 7.06. The van der Waals surface area contributed by atoms with Gasteiger partial charge in [-0.15, -0.1) is 10.2 Å². The molecule has 2 fully saturated rings. The quantitative estimate of drug-likeness (QED) is 0.0461. The molecular weight excluding hydrogens is 1000 g/mol. The number of ether oxygens (including phenoxy) is 10. The van der Waals surface area contributed by atoms with Crippen LogP contribution in [-0.4, -0.2) is 73.8 Å². The first-order valence-electron chi connectivity index (χ1n) is 27.3. The zero-order chi connectivity index (χ0) is 54.2. The second kappa shape index (κ2) is 30.1. The molecule has 0 aromatic heterocycles. The Morgan fingerprint density at radius 3 is 0.713 bits per heavy atom. The summed E-state index contributed by atoms with van der Waals surface area (Å²) in [6.45, 7) is 2.36. The average molecular weight is 1070 g/mol. The molecule has 80 heavy (non-hydrogen) atoms. The highest BCUT2D eigenvalue weighted by Crippen LogP contribution is 2.32. The van der Waals surface area contributed by atoms with Gasteiger partial charge in [0.05, 0.1) is 66.1 Å². The molecule has 410 valence electrons. The summed E-state index contributed by atoms with van der Waals surface area (Å²) in [6, 6.07) is 80.1. The van der Waals surface area contributed by atoms with Crippen LogP contribution in [-0.2, 0) is 100 Å². The highest BCUT2D eigenvalue weighted by molar-refractivity contribution is 5.86. The van der Waals surface area contributed by atoms with Crippen LogP contribution < -0.4 is 0 Å². The Morgan fingerprint density at radius 2 is 0.463 bits per heavy atom. The fourth-order valence-electron chi connectivity index (χ4n) is 9.57. The second-order valence-electron chi connectivity index (χ2n) is 19.7. The van der Waals surface area contributed by atoms with Gasteiger partial charge in [0.15, 0.2) is 24.4 Å². The number of rotatable bonds is 27. The normalized spacial score (nSPS) is 21.9. The van der Waals surface area contributed by atoms with E-state index in [1.165, 1.54) is 0 Å². The molecule has 0 unspecified atom stereocenters. The summed E-state index contributed by atoms with van der Waals surface area (Å²) in [5, 5.41) is 10.1. The minimum atomic E-state index is -0.946. The Morgan fingerprint density at radius 1 is 0.250 bits per heavy atom. The van der Waals surface area contributed by atoms with Gasteiger partial charge >= 0.3 is 0 Å². The van der Waals surface area contributed by atoms with Gasteiger partial charge in [-0.05, 0) is 44.5 Å². The molecule has 0 amide bonds. The maximum absolute atomic E-state index is 7.06. The first kappa shape index (κ1) is 55.7. The minimum absolute atomic E-state index is 0.122. The van der Waals surface area contributed by atoms with Crippen LogP contribution in [0.4, 0.5) is 0 Å². The first-order valence-corrected chi connectivity index (χ1v) is 27.3. The molecule has 10 rings (SSSR count). The lowest BCUT2D eigenvalue weighted by atomic mass is 9.98. The predicted molar refractivity (Wildman–Crippen MR) is 307 cm³/mol. The molecule has 0 aliphatic carbocycles. The maximum Gasteiger partial charge on any atom is 0.241 e. The fourth-order valence-corrected chi connectivity index (χ4v) is 9.57. The van der Waals surface area contributed by atoms with E-state index in [1.807, 2.05) is 243 Å². The molecule has 0 spiro atoms. The highest BCUT2D eigenvalue weighted by Gasteiger charge is 2.50. The number of benzene rings is 8. The molecule has 2 aliphatic rings. The zero-order valence-corrected chi connectivity index (χ0v) is 44.8. The van der Waals surface area contributed by atoms with Crippen molar-refractivity contribution in [3.05, 3.63) is 287 Å². The standard InChI is InChI=1S/C68H68N2O10/c1-9-25-51(26-10-1)41-71-49-59-61(73-43-53-29-13-3-14-30-53)63(75-45-55-33-17-5-18-34-55)65(77-47-57-37-21-7-22-38-57)67(79-59)69-70-68-66(78-48-58-39-23-8-24-40-58)64(76-46-56-35-19-6-20-36-56)62(74-44-54-31-15-4-16-32-54)60(80-68)50-72-42-52-27-11-2-12-28-52/h1-40,59-66H,41-50H2/b69-67-,70-68-/t59-,60-,61-,62-,63+,64+,65-,66-/m1/s1. The van der Waals surface area contributed by atoms with Gasteiger partial charge in [0.25, 0.3) is 0 Å². The molecule has 0 N–H and O–H groups in total. The average Bonchev–Trinajstić information content (AvgIpc) is 3.53. The molecule has 2 heterocycles. The van der Waals surface area contributed by atoms with Gasteiger partial charge in [0, 0.05) is 0 Å². The smallest absolute Gasteiger partial charge is 0.241 e. The predicted octanol–water partition coefficient (Wildman–Crippen LogP) is 12.4. The second-order valence-corrected chi connectivity index (χ2v) is 19.7. The SMILES string of the molecule is c1ccc(COC[C@H]2O/C(=N\N=C3/O[C@H](COCc4ccccc4)[C@@H](OCc4ccccc4)[C@H](OCc4ccccc4)[C@H]3OCc3ccccc3)[C@H](OCc3ccccc3)[C@@H](OCc3ccccc3)[C@@H]2OCc2ccccc2)cc1. The third kappa shape index (κ3) is 16.5. The van der Waals surface area contributed by atoms with E-state index in [9.17, 15) is 0 Å². The Balaban J connectivity index is 1.06. The van der Waals surface area contributed by atoms with Gasteiger partial charge in [-0.3, -0.25) is 0 Å². The number of hydrogen-bond acceptors (Lipinski definition) is 12. The fraction of sp³-hybridized carbons (Fsp3) is 0.265. The van der Waals surface area contributed by atoms with Crippen molar-refractivity contribution < 1.29 is 47.4 Å². The Hall–Kier alpha value is -7.62. The van der Waals surface area contributed by atoms with E-state index >= 15 is 0 Å². The number of nitrogens with zero attached hydrogens (tertiary/aromatic N) is 2. The van der Waals surface area contributed by atoms with E-state index in [1.54, 1.807) is 0 Å². The summed E-state index contributed by atoms with van der Waals surface area (Å²) in [5.41, 5.74) is 7.83. The highest BCUT2D eigenvalue weighted by atomic mass is 16.6. The molecule has 8 atom stereocenters. The Bertz CT molecular complexity index is 2850. The lowest BCUT2D eigenvalue weighted by molar-refractivity contribution is -0.197. The van der Waals surface area contributed by atoms with E-state index in [4.69, 9.17) is 57.6 Å². The van der Waals surface area contributed by atoms with E-state index in [2.05, 4.69) is 0 Å². The first-order chi connectivity index (χ1) is 39.7. The monoisotopic (exact) mass is 1070 g/mol. The van der Waals surface area contributed by atoms with Crippen molar-refractivity contribution in [1.29, 1.82) is 0 Å². The van der Waals surface area contributed by atoms with E-state index < -0.39 is 48.8 Å².